The maximum Gasteiger partial charge on any atom is 0.159 e. The summed E-state index contributed by atoms with van der Waals surface area (Å²) < 4.78 is 13.8. The van der Waals surface area contributed by atoms with Crippen LogP contribution in [0.2, 0.25) is 0 Å². The molecule has 0 aliphatic carbocycles. The Bertz CT molecular complexity index is 1610. The van der Waals surface area contributed by atoms with Crippen molar-refractivity contribution in [1.29, 1.82) is 0 Å². The van der Waals surface area contributed by atoms with Gasteiger partial charge in [0.05, 0.1) is 28.4 Å². The van der Waals surface area contributed by atoms with Crippen molar-refractivity contribution >= 4 is 21.9 Å². The van der Waals surface area contributed by atoms with E-state index in [4.69, 9.17) is 4.98 Å². The highest BCUT2D eigenvalue weighted by Crippen LogP contribution is 2.33. The Morgan fingerprint density at radius 3 is 2.69 bits per heavy atom. The first-order valence-electron chi connectivity index (χ1n) is 10.2. The number of hydrogen-bond donors (Lipinski definition) is 2. The Kier molecular flexibility index (Phi) is 4.07. The highest BCUT2D eigenvalue weighted by molar-refractivity contribution is 5.97. The van der Waals surface area contributed by atoms with Crippen molar-refractivity contribution in [3.63, 3.8) is 0 Å². The van der Waals surface area contributed by atoms with Crippen LogP contribution in [0.25, 0.3) is 55.8 Å². The molecule has 0 radical (unpaired) electrons. The van der Waals surface area contributed by atoms with Crippen molar-refractivity contribution in [2.45, 2.75) is 6.92 Å². The van der Waals surface area contributed by atoms with Crippen molar-refractivity contribution < 1.29 is 4.39 Å². The normalized spacial score (nSPS) is 11.4. The average Bonchev–Trinajstić information content (AvgIpc) is 3.42. The lowest BCUT2D eigenvalue weighted by molar-refractivity contribution is 0.628. The third-order valence-corrected chi connectivity index (χ3v) is 5.63. The molecule has 154 valence electrons. The summed E-state index contributed by atoms with van der Waals surface area (Å²) in [4.78, 5) is 17.0. The highest BCUT2D eigenvalue weighted by Gasteiger charge is 2.16. The van der Waals surface area contributed by atoms with Crippen molar-refractivity contribution in [3.8, 4) is 33.9 Å². The minimum absolute atomic E-state index is 0.278. The molecule has 0 unspecified atom stereocenters. The Balaban J connectivity index is 1.52. The van der Waals surface area contributed by atoms with Crippen LogP contribution >= 0.6 is 0 Å². The summed E-state index contributed by atoms with van der Waals surface area (Å²) in [5.41, 5.74) is 7.67. The molecular formula is C25H17FN6. The van der Waals surface area contributed by atoms with Crippen LogP contribution in [-0.2, 0) is 0 Å². The van der Waals surface area contributed by atoms with Gasteiger partial charge in [-0.05, 0) is 48.4 Å². The number of benzene rings is 2. The monoisotopic (exact) mass is 420 g/mol. The van der Waals surface area contributed by atoms with Crippen LogP contribution in [0.4, 0.5) is 4.39 Å². The molecular weight excluding hydrogens is 403 g/mol. The zero-order valence-corrected chi connectivity index (χ0v) is 17.1. The second kappa shape index (κ2) is 7.09. The largest absolute Gasteiger partial charge is 0.337 e. The standard InChI is InChI=1S/C25H17FN6/c1-14-8-9-27-12-19(14)21-11-18-22(13-28-21)31-32-24(18)25-29-20-7-3-6-17(23(20)30-25)15-4-2-5-16(26)10-15/h2-13H,1H3,(H,29,30)(H,31,32). The van der Waals surface area contributed by atoms with Crippen molar-refractivity contribution in [2.75, 3.05) is 0 Å². The van der Waals surface area contributed by atoms with Crippen molar-refractivity contribution in [3.05, 3.63) is 84.6 Å². The van der Waals surface area contributed by atoms with E-state index < -0.39 is 0 Å². The molecule has 0 saturated heterocycles. The van der Waals surface area contributed by atoms with E-state index >= 15 is 0 Å². The first kappa shape index (κ1) is 18.4. The molecule has 32 heavy (non-hydrogen) atoms. The topological polar surface area (TPSA) is 83.1 Å². The first-order chi connectivity index (χ1) is 15.7. The number of pyridine rings is 2. The lowest BCUT2D eigenvalue weighted by atomic mass is 10.0. The van der Waals surface area contributed by atoms with Gasteiger partial charge in [0.2, 0.25) is 0 Å². The van der Waals surface area contributed by atoms with E-state index in [0.29, 0.717) is 11.5 Å². The van der Waals surface area contributed by atoms with Crippen LogP contribution in [0.5, 0.6) is 0 Å². The number of halogens is 1. The number of nitrogens with one attached hydrogen (secondary N) is 2. The summed E-state index contributed by atoms with van der Waals surface area (Å²) in [6, 6.07) is 16.3. The molecule has 4 aromatic heterocycles. The quantitative estimate of drug-likeness (QED) is 0.386. The second-order valence-electron chi connectivity index (χ2n) is 7.68. The van der Waals surface area contributed by atoms with E-state index in [9.17, 15) is 4.39 Å². The molecule has 0 atom stereocenters. The van der Waals surface area contributed by atoms with Gasteiger partial charge in [0.15, 0.2) is 5.82 Å². The number of H-pyrrole nitrogens is 2. The summed E-state index contributed by atoms with van der Waals surface area (Å²) in [5.74, 6) is 0.356. The van der Waals surface area contributed by atoms with Crippen LogP contribution in [0.1, 0.15) is 5.56 Å². The van der Waals surface area contributed by atoms with Crippen molar-refractivity contribution in [1.82, 2.24) is 30.1 Å². The van der Waals surface area contributed by atoms with Gasteiger partial charge in [0.1, 0.15) is 11.5 Å². The van der Waals surface area contributed by atoms with E-state index in [-0.39, 0.29) is 5.82 Å². The number of fused-ring (bicyclic) bond motifs is 2. The molecule has 2 aromatic carbocycles. The smallest absolute Gasteiger partial charge is 0.159 e. The maximum atomic E-state index is 13.8. The summed E-state index contributed by atoms with van der Waals surface area (Å²) in [6.45, 7) is 2.03. The minimum atomic E-state index is -0.278. The van der Waals surface area contributed by atoms with Gasteiger partial charge in [-0.2, -0.15) is 5.10 Å². The molecule has 6 nitrogen and oxygen atoms in total. The van der Waals surface area contributed by atoms with E-state index in [0.717, 1.165) is 49.9 Å². The molecule has 7 heteroatoms. The predicted octanol–water partition coefficient (Wildman–Crippen LogP) is 5.68. The van der Waals surface area contributed by atoms with Gasteiger partial charge < -0.3 is 4.98 Å². The fourth-order valence-corrected chi connectivity index (χ4v) is 4.01. The summed E-state index contributed by atoms with van der Waals surface area (Å²) in [7, 11) is 0. The van der Waals surface area contributed by atoms with Gasteiger partial charge in [0, 0.05) is 28.9 Å². The van der Waals surface area contributed by atoms with E-state index in [1.165, 1.54) is 12.1 Å². The number of aryl methyl sites for hydroxylation is 1. The highest BCUT2D eigenvalue weighted by atomic mass is 19.1. The molecule has 0 bridgehead atoms. The fourth-order valence-electron chi connectivity index (χ4n) is 4.01. The Morgan fingerprint density at radius 2 is 1.81 bits per heavy atom. The number of para-hydroxylation sites is 1. The SMILES string of the molecule is Cc1ccncc1-c1cc2c(-c3nc4c(-c5cccc(F)c5)cccc4[nH]3)n[nH]c2cn1. The van der Waals surface area contributed by atoms with Gasteiger partial charge in [0.25, 0.3) is 0 Å². The molecule has 2 N–H and O–H groups in total. The lowest BCUT2D eigenvalue weighted by Crippen LogP contribution is -1.89. The van der Waals surface area contributed by atoms with Crippen LogP contribution in [0, 0.1) is 12.7 Å². The number of aromatic amines is 2. The van der Waals surface area contributed by atoms with Crippen LogP contribution in [0.15, 0.2) is 73.2 Å². The van der Waals surface area contributed by atoms with E-state index in [1.54, 1.807) is 18.5 Å². The molecule has 0 saturated carbocycles. The summed E-state index contributed by atoms with van der Waals surface area (Å²) >= 11 is 0. The molecule has 6 aromatic rings. The Hall–Kier alpha value is -4.39. The number of nitrogens with zero attached hydrogens (tertiary/aromatic N) is 4. The number of rotatable bonds is 3. The van der Waals surface area contributed by atoms with Gasteiger partial charge in [-0.3, -0.25) is 15.1 Å². The van der Waals surface area contributed by atoms with Gasteiger partial charge >= 0.3 is 0 Å². The predicted molar refractivity (Wildman–Crippen MR) is 122 cm³/mol. The second-order valence-corrected chi connectivity index (χ2v) is 7.68. The number of aromatic nitrogens is 6. The van der Waals surface area contributed by atoms with E-state index in [2.05, 4.69) is 25.1 Å². The number of imidazole rings is 1. The van der Waals surface area contributed by atoms with Crippen molar-refractivity contribution in [2.24, 2.45) is 0 Å². The van der Waals surface area contributed by atoms with Gasteiger partial charge in [-0.15, -0.1) is 0 Å². The lowest BCUT2D eigenvalue weighted by Gasteiger charge is -2.04. The molecule has 6 rings (SSSR count). The zero-order valence-electron chi connectivity index (χ0n) is 17.1. The molecule has 4 heterocycles. The van der Waals surface area contributed by atoms with Gasteiger partial charge in [-0.25, -0.2) is 9.37 Å². The van der Waals surface area contributed by atoms with Crippen LogP contribution < -0.4 is 0 Å². The fraction of sp³-hybridized carbons (Fsp3) is 0.0400. The maximum absolute atomic E-state index is 13.8. The minimum Gasteiger partial charge on any atom is -0.337 e. The molecule has 0 amide bonds. The third-order valence-electron chi connectivity index (χ3n) is 5.63. The Morgan fingerprint density at radius 1 is 0.906 bits per heavy atom. The molecule has 0 aliphatic rings. The summed E-state index contributed by atoms with van der Waals surface area (Å²) in [6.07, 6.45) is 5.36. The molecule has 0 fully saturated rings. The van der Waals surface area contributed by atoms with Gasteiger partial charge in [-0.1, -0.05) is 24.3 Å². The van der Waals surface area contributed by atoms with E-state index in [1.807, 2.05) is 49.5 Å². The molecule has 0 spiro atoms. The average molecular weight is 420 g/mol. The summed E-state index contributed by atoms with van der Waals surface area (Å²) in [5, 5.41) is 8.45. The van der Waals surface area contributed by atoms with Crippen LogP contribution in [0.3, 0.4) is 0 Å². The Labute approximate surface area is 182 Å². The number of hydrogen-bond acceptors (Lipinski definition) is 4. The first-order valence-corrected chi connectivity index (χ1v) is 10.2. The van der Waals surface area contributed by atoms with Crippen LogP contribution in [-0.4, -0.2) is 30.1 Å². The third kappa shape index (κ3) is 2.94. The zero-order chi connectivity index (χ0) is 21.7. The molecule has 0 aliphatic heterocycles.